The SMILES string of the molecule is CCNc1cc(OCCC(OC)OC)c(N)c([N+](=O)[O-])c1.O=CO. The van der Waals surface area contributed by atoms with Crippen molar-refractivity contribution in [3.63, 3.8) is 0 Å². The molecule has 0 saturated carbocycles. The van der Waals surface area contributed by atoms with E-state index in [-0.39, 0.29) is 30.2 Å². The molecule has 1 aromatic rings. The lowest BCUT2D eigenvalue weighted by Gasteiger charge is -2.15. The van der Waals surface area contributed by atoms with Crippen LogP contribution in [0.4, 0.5) is 17.1 Å². The van der Waals surface area contributed by atoms with Crippen molar-refractivity contribution in [3.05, 3.63) is 22.2 Å². The Balaban J connectivity index is 0.00000163. The van der Waals surface area contributed by atoms with Crippen LogP contribution in [0.3, 0.4) is 0 Å². The Labute approximate surface area is 139 Å². The van der Waals surface area contributed by atoms with Crippen LogP contribution in [0, 0.1) is 10.1 Å². The Morgan fingerprint density at radius 1 is 1.42 bits per heavy atom. The van der Waals surface area contributed by atoms with Crippen LogP contribution >= 0.6 is 0 Å². The van der Waals surface area contributed by atoms with E-state index in [1.165, 1.54) is 20.3 Å². The molecule has 136 valence electrons. The lowest BCUT2D eigenvalue weighted by Crippen LogP contribution is -2.17. The summed E-state index contributed by atoms with van der Waals surface area (Å²) in [5.74, 6) is 0.270. The number of carboxylic acid groups (broad SMARTS) is 1. The number of nitrogens with two attached hydrogens (primary N) is 1. The van der Waals surface area contributed by atoms with Gasteiger partial charge in [0.05, 0.1) is 11.5 Å². The molecular weight excluding hydrogens is 322 g/mol. The first-order valence-corrected chi connectivity index (χ1v) is 7.03. The van der Waals surface area contributed by atoms with Crippen LogP contribution < -0.4 is 15.8 Å². The van der Waals surface area contributed by atoms with Gasteiger partial charge in [-0.2, -0.15) is 0 Å². The summed E-state index contributed by atoms with van der Waals surface area (Å²) in [6, 6.07) is 3.03. The lowest BCUT2D eigenvalue weighted by atomic mass is 10.2. The second-order valence-electron chi connectivity index (χ2n) is 4.34. The molecule has 10 nitrogen and oxygen atoms in total. The average molecular weight is 345 g/mol. The molecule has 0 fully saturated rings. The van der Waals surface area contributed by atoms with Crippen LogP contribution in [0.25, 0.3) is 0 Å². The number of nitro groups is 1. The largest absolute Gasteiger partial charge is 0.491 e. The van der Waals surface area contributed by atoms with Gasteiger partial charge in [0.25, 0.3) is 12.2 Å². The van der Waals surface area contributed by atoms with Crippen molar-refractivity contribution in [1.29, 1.82) is 0 Å². The molecule has 0 spiro atoms. The minimum Gasteiger partial charge on any atom is -0.491 e. The van der Waals surface area contributed by atoms with Crippen molar-refractivity contribution < 1.29 is 29.0 Å². The molecular formula is C14H23N3O7. The molecule has 0 aliphatic heterocycles. The third kappa shape index (κ3) is 7.11. The van der Waals surface area contributed by atoms with Gasteiger partial charge >= 0.3 is 0 Å². The maximum absolute atomic E-state index is 11.0. The smallest absolute Gasteiger partial charge is 0.298 e. The standard InChI is InChI=1S/C13H21N3O5.CH2O2/c1-4-15-9-7-10(16(17)18)13(14)11(8-9)21-6-5-12(19-2)20-3;2-1-3/h7-8,12,15H,4-6,14H2,1-3H3;1H,(H,2,3). The van der Waals surface area contributed by atoms with Gasteiger partial charge in [0.15, 0.2) is 17.7 Å². The molecule has 0 aliphatic rings. The van der Waals surface area contributed by atoms with E-state index in [0.717, 1.165) is 0 Å². The molecule has 0 unspecified atom stereocenters. The van der Waals surface area contributed by atoms with Crippen LogP contribution in [0.15, 0.2) is 12.1 Å². The van der Waals surface area contributed by atoms with Gasteiger partial charge in [0, 0.05) is 45.0 Å². The highest BCUT2D eigenvalue weighted by atomic mass is 16.7. The molecule has 0 saturated heterocycles. The highest BCUT2D eigenvalue weighted by Crippen LogP contribution is 2.35. The molecule has 0 amide bonds. The molecule has 0 bridgehead atoms. The molecule has 4 N–H and O–H groups in total. The zero-order chi connectivity index (χ0) is 18.5. The van der Waals surface area contributed by atoms with E-state index in [4.69, 9.17) is 29.8 Å². The van der Waals surface area contributed by atoms with Gasteiger partial charge in [-0.1, -0.05) is 0 Å². The van der Waals surface area contributed by atoms with Gasteiger partial charge in [-0.05, 0) is 6.92 Å². The minimum absolute atomic E-state index is 0.00744. The fraction of sp³-hybridized carbons (Fsp3) is 0.500. The number of carbonyl (C=O) groups is 1. The van der Waals surface area contributed by atoms with E-state index in [1.54, 1.807) is 6.07 Å². The summed E-state index contributed by atoms with van der Waals surface area (Å²) in [5, 5.41) is 20.9. The number of anilines is 2. The van der Waals surface area contributed by atoms with Gasteiger partial charge in [-0.25, -0.2) is 0 Å². The van der Waals surface area contributed by atoms with Crippen LogP contribution in [-0.4, -0.2) is 50.2 Å². The zero-order valence-electron chi connectivity index (χ0n) is 13.9. The van der Waals surface area contributed by atoms with Gasteiger partial charge in [-0.15, -0.1) is 0 Å². The number of methoxy groups -OCH3 is 2. The van der Waals surface area contributed by atoms with E-state index >= 15 is 0 Å². The second-order valence-corrected chi connectivity index (χ2v) is 4.34. The summed E-state index contributed by atoms with van der Waals surface area (Å²) >= 11 is 0. The summed E-state index contributed by atoms with van der Waals surface area (Å²) in [6.07, 6.45) is 0.0873. The van der Waals surface area contributed by atoms with Gasteiger partial charge in [0.1, 0.15) is 0 Å². The second kappa shape index (κ2) is 11.9. The average Bonchev–Trinajstić information content (AvgIpc) is 2.54. The van der Waals surface area contributed by atoms with E-state index < -0.39 is 11.2 Å². The Hall–Kier alpha value is -2.59. The minimum atomic E-state index is -0.532. The summed E-state index contributed by atoms with van der Waals surface area (Å²) in [6.45, 7) is 2.55. The Morgan fingerprint density at radius 3 is 2.46 bits per heavy atom. The maximum Gasteiger partial charge on any atom is 0.298 e. The van der Waals surface area contributed by atoms with Crippen molar-refractivity contribution in [2.75, 3.05) is 38.4 Å². The van der Waals surface area contributed by atoms with Crippen LogP contribution in [-0.2, 0) is 14.3 Å². The molecule has 1 rings (SSSR count). The first-order chi connectivity index (χ1) is 11.4. The molecule has 0 heterocycles. The van der Waals surface area contributed by atoms with Crippen molar-refractivity contribution in [2.45, 2.75) is 19.6 Å². The van der Waals surface area contributed by atoms with Gasteiger partial charge in [-0.3, -0.25) is 14.9 Å². The van der Waals surface area contributed by atoms with Crippen LogP contribution in [0.1, 0.15) is 13.3 Å². The number of hydrogen-bond acceptors (Lipinski definition) is 8. The van der Waals surface area contributed by atoms with Crippen molar-refractivity contribution in [1.82, 2.24) is 0 Å². The zero-order valence-corrected chi connectivity index (χ0v) is 13.9. The lowest BCUT2D eigenvalue weighted by molar-refractivity contribution is -0.383. The summed E-state index contributed by atoms with van der Waals surface area (Å²) in [7, 11) is 3.05. The fourth-order valence-electron chi connectivity index (χ4n) is 1.79. The Kier molecular flexibility index (Phi) is 10.6. The summed E-state index contributed by atoms with van der Waals surface area (Å²) in [4.78, 5) is 18.8. The number of rotatable bonds is 9. The Bertz CT molecular complexity index is 521. The predicted molar refractivity (Wildman–Crippen MR) is 88.3 cm³/mol. The van der Waals surface area contributed by atoms with Gasteiger partial charge in [0.2, 0.25) is 0 Å². The van der Waals surface area contributed by atoms with Crippen LogP contribution in [0.5, 0.6) is 5.75 Å². The van der Waals surface area contributed by atoms with Crippen LogP contribution in [0.2, 0.25) is 0 Å². The van der Waals surface area contributed by atoms with Crippen molar-refractivity contribution >= 4 is 23.5 Å². The molecule has 1 aromatic carbocycles. The van der Waals surface area contributed by atoms with E-state index in [0.29, 0.717) is 18.7 Å². The Morgan fingerprint density at radius 2 is 2.00 bits per heavy atom. The van der Waals surface area contributed by atoms with Crippen molar-refractivity contribution in [3.8, 4) is 5.75 Å². The number of ether oxygens (including phenoxy) is 3. The highest BCUT2D eigenvalue weighted by Gasteiger charge is 2.18. The molecule has 0 aromatic heterocycles. The molecule has 0 aliphatic carbocycles. The maximum atomic E-state index is 11.0. The number of nitro benzene ring substituents is 1. The molecule has 24 heavy (non-hydrogen) atoms. The number of nitrogens with one attached hydrogen (secondary N) is 1. The number of benzene rings is 1. The topological polar surface area (TPSA) is 146 Å². The number of nitrogens with zero attached hydrogens (tertiary/aromatic N) is 1. The third-order valence-electron chi connectivity index (χ3n) is 2.83. The van der Waals surface area contributed by atoms with E-state index in [1.807, 2.05) is 6.92 Å². The molecule has 0 atom stereocenters. The number of hydrogen-bond donors (Lipinski definition) is 3. The normalized spacial score (nSPS) is 9.83. The van der Waals surface area contributed by atoms with E-state index in [2.05, 4.69) is 5.32 Å². The predicted octanol–water partition coefficient (Wildman–Crippen LogP) is 1.70. The molecule has 0 radical (unpaired) electrons. The van der Waals surface area contributed by atoms with Gasteiger partial charge < -0.3 is 30.4 Å². The number of nitrogen functional groups attached to an aromatic ring is 1. The first kappa shape index (κ1) is 21.4. The summed E-state index contributed by atoms with van der Waals surface area (Å²) < 4.78 is 15.6. The monoisotopic (exact) mass is 345 g/mol. The highest BCUT2D eigenvalue weighted by molar-refractivity contribution is 5.73. The third-order valence-corrected chi connectivity index (χ3v) is 2.83. The fourth-order valence-corrected chi connectivity index (χ4v) is 1.79. The first-order valence-electron chi connectivity index (χ1n) is 7.03. The van der Waals surface area contributed by atoms with E-state index in [9.17, 15) is 10.1 Å². The molecule has 10 heteroatoms. The summed E-state index contributed by atoms with van der Waals surface area (Å²) in [5.41, 5.74) is 6.19. The van der Waals surface area contributed by atoms with Crippen molar-refractivity contribution in [2.24, 2.45) is 0 Å². The quantitative estimate of drug-likeness (QED) is 0.200.